The zero-order chi connectivity index (χ0) is 22.6. The number of benzene rings is 1. The Balaban J connectivity index is 1.64. The predicted octanol–water partition coefficient (Wildman–Crippen LogP) is 4.20. The Kier molecular flexibility index (Phi) is 4.86. The minimum atomic E-state index is -4.53. The van der Waals surface area contributed by atoms with Crippen molar-refractivity contribution in [2.24, 2.45) is 0 Å². The first-order valence-corrected chi connectivity index (χ1v) is 9.40. The lowest BCUT2D eigenvalue weighted by Crippen LogP contribution is -2.41. The lowest BCUT2D eigenvalue weighted by molar-refractivity contribution is -0.137. The fraction of sp³-hybridized carbons (Fsp3) is 0.350. The average molecular weight is 440 g/mol. The molecule has 0 saturated heterocycles. The summed E-state index contributed by atoms with van der Waals surface area (Å²) in [5, 5.41) is 8.97. The number of nitrogens with zero attached hydrogens (tertiary/aromatic N) is 2. The van der Waals surface area contributed by atoms with Crippen LogP contribution in [0.5, 0.6) is 0 Å². The zero-order valence-corrected chi connectivity index (χ0v) is 16.1. The third-order valence-electron chi connectivity index (χ3n) is 5.41. The number of pyridine rings is 1. The molecule has 1 atom stereocenters. The number of hydrogen-bond donors (Lipinski definition) is 2. The number of aromatic amines is 1. The predicted molar refractivity (Wildman–Crippen MR) is 101 cm³/mol. The van der Waals surface area contributed by atoms with E-state index in [0.29, 0.717) is 0 Å². The number of carbonyl (C=O) groups excluding carboxylic acids is 1. The first-order valence-electron chi connectivity index (χ1n) is 9.40. The molecule has 2 heterocycles. The highest BCUT2D eigenvalue weighted by atomic mass is 19.4. The summed E-state index contributed by atoms with van der Waals surface area (Å²) in [7, 11) is 0. The molecular formula is C20H17F5N4O2. The highest BCUT2D eigenvalue weighted by molar-refractivity contribution is 6.05. The van der Waals surface area contributed by atoms with E-state index in [1.165, 1.54) is 31.5 Å². The van der Waals surface area contributed by atoms with E-state index in [1.807, 2.05) is 0 Å². The molecule has 11 heteroatoms. The van der Waals surface area contributed by atoms with E-state index in [-0.39, 0.29) is 22.0 Å². The molecule has 2 N–H and O–H groups in total. The molecule has 0 aliphatic heterocycles. The molecule has 1 saturated carbocycles. The van der Waals surface area contributed by atoms with Crippen LogP contribution < -0.4 is 10.9 Å². The first kappa shape index (κ1) is 21.0. The van der Waals surface area contributed by atoms with Crippen LogP contribution in [0.15, 0.2) is 41.5 Å². The molecule has 6 nitrogen and oxygen atoms in total. The van der Waals surface area contributed by atoms with Gasteiger partial charge in [0.15, 0.2) is 0 Å². The van der Waals surface area contributed by atoms with Gasteiger partial charge in [-0.1, -0.05) is 12.1 Å². The van der Waals surface area contributed by atoms with Gasteiger partial charge < -0.3 is 9.88 Å². The number of nitrogens with one attached hydrogen (secondary N) is 2. The summed E-state index contributed by atoms with van der Waals surface area (Å²) in [6, 6.07) is 3.01. The number of amides is 1. The number of halogens is 5. The maximum atomic E-state index is 13.3. The number of hydrogen-bond acceptors (Lipinski definition) is 3. The molecule has 1 amide bonds. The van der Waals surface area contributed by atoms with Gasteiger partial charge in [-0.15, -0.1) is 0 Å². The van der Waals surface area contributed by atoms with Gasteiger partial charge in [0.25, 0.3) is 17.4 Å². The van der Waals surface area contributed by atoms with Crippen LogP contribution in [0, 0.1) is 0 Å². The average Bonchev–Trinajstić information content (AvgIpc) is 3.16. The Bertz CT molecular complexity index is 1210. The minimum absolute atomic E-state index is 0.0128. The highest BCUT2D eigenvalue weighted by Crippen LogP contribution is 2.45. The number of aromatic nitrogens is 3. The van der Waals surface area contributed by atoms with E-state index < -0.39 is 54.1 Å². The van der Waals surface area contributed by atoms with Gasteiger partial charge in [-0.2, -0.15) is 18.3 Å². The van der Waals surface area contributed by atoms with Crippen LogP contribution in [0.3, 0.4) is 0 Å². The standard InChI is InChI=1S/C20H17F5N4O2/c1-10(11-3-2-4-12(5-11)20(23,24)25)27-17(30)15-9-29(13-6-19(21,22)7-13)18(31)14-8-26-28-16(14)15/h2-5,8-10,13H,6-7H2,1H3,(H,26,28)(H,27,30)/t10-/m1/s1. The molecule has 4 rings (SSSR count). The van der Waals surface area contributed by atoms with Crippen LogP contribution >= 0.6 is 0 Å². The second kappa shape index (κ2) is 7.17. The van der Waals surface area contributed by atoms with Crippen molar-refractivity contribution in [1.29, 1.82) is 0 Å². The number of alkyl halides is 5. The fourth-order valence-electron chi connectivity index (χ4n) is 3.67. The van der Waals surface area contributed by atoms with Gasteiger partial charge in [0.2, 0.25) is 0 Å². The second-order valence-electron chi connectivity index (χ2n) is 7.65. The molecule has 1 aliphatic carbocycles. The number of carbonyl (C=O) groups is 1. The largest absolute Gasteiger partial charge is 0.416 e. The van der Waals surface area contributed by atoms with Crippen LogP contribution in [0.25, 0.3) is 10.9 Å². The molecular weight excluding hydrogens is 423 g/mol. The summed E-state index contributed by atoms with van der Waals surface area (Å²) >= 11 is 0. The topological polar surface area (TPSA) is 79.8 Å². The lowest BCUT2D eigenvalue weighted by Gasteiger charge is -2.36. The molecule has 0 spiro atoms. The Morgan fingerprint density at radius 1 is 1.32 bits per heavy atom. The summed E-state index contributed by atoms with van der Waals surface area (Å²) in [6.07, 6.45) is -3.16. The van der Waals surface area contributed by atoms with Crippen molar-refractivity contribution in [3.63, 3.8) is 0 Å². The second-order valence-corrected chi connectivity index (χ2v) is 7.65. The maximum Gasteiger partial charge on any atom is 0.416 e. The molecule has 0 bridgehead atoms. The van der Waals surface area contributed by atoms with Gasteiger partial charge in [-0.05, 0) is 24.6 Å². The van der Waals surface area contributed by atoms with Gasteiger partial charge in [-0.3, -0.25) is 14.7 Å². The summed E-state index contributed by atoms with van der Waals surface area (Å²) in [4.78, 5) is 25.5. The van der Waals surface area contributed by atoms with Crippen LogP contribution in [0.4, 0.5) is 22.0 Å². The third-order valence-corrected chi connectivity index (χ3v) is 5.41. The lowest BCUT2D eigenvalue weighted by atomic mass is 9.87. The van der Waals surface area contributed by atoms with E-state index in [9.17, 15) is 31.5 Å². The Morgan fingerprint density at radius 2 is 2.03 bits per heavy atom. The summed E-state index contributed by atoms with van der Waals surface area (Å²) in [6.45, 7) is 1.51. The Labute approximate surface area is 172 Å². The fourth-order valence-corrected chi connectivity index (χ4v) is 3.67. The molecule has 1 aromatic carbocycles. The van der Waals surface area contributed by atoms with E-state index in [2.05, 4.69) is 15.5 Å². The SMILES string of the molecule is C[C@@H](NC(=O)c1cn(C2CC(F)(F)C2)c(=O)c2cn[nH]c12)c1cccc(C(F)(F)F)c1. The molecule has 1 aliphatic rings. The summed E-state index contributed by atoms with van der Waals surface area (Å²) in [5.74, 6) is -3.55. The molecule has 2 aromatic heterocycles. The molecule has 0 radical (unpaired) electrons. The van der Waals surface area contributed by atoms with E-state index in [4.69, 9.17) is 0 Å². The van der Waals surface area contributed by atoms with E-state index in [1.54, 1.807) is 0 Å². The number of fused-ring (bicyclic) bond motifs is 1. The van der Waals surface area contributed by atoms with Crippen LogP contribution in [0.1, 0.15) is 53.3 Å². The van der Waals surface area contributed by atoms with Gasteiger partial charge in [-0.25, -0.2) is 8.78 Å². The van der Waals surface area contributed by atoms with Crippen LogP contribution in [-0.4, -0.2) is 26.6 Å². The van der Waals surface area contributed by atoms with E-state index in [0.717, 1.165) is 16.7 Å². The summed E-state index contributed by atoms with van der Waals surface area (Å²) < 4.78 is 66.6. The quantitative estimate of drug-likeness (QED) is 0.597. The van der Waals surface area contributed by atoms with Crippen LogP contribution in [-0.2, 0) is 6.18 Å². The van der Waals surface area contributed by atoms with Crippen molar-refractivity contribution in [3.05, 3.63) is 63.7 Å². The van der Waals surface area contributed by atoms with Crippen molar-refractivity contribution in [3.8, 4) is 0 Å². The summed E-state index contributed by atoms with van der Waals surface area (Å²) in [5.41, 5.74) is -1.05. The van der Waals surface area contributed by atoms with Gasteiger partial charge >= 0.3 is 6.18 Å². The van der Waals surface area contributed by atoms with Gasteiger partial charge in [0.1, 0.15) is 0 Å². The molecule has 164 valence electrons. The highest BCUT2D eigenvalue weighted by Gasteiger charge is 2.46. The molecule has 31 heavy (non-hydrogen) atoms. The van der Waals surface area contributed by atoms with Crippen molar-refractivity contribution in [1.82, 2.24) is 20.1 Å². The van der Waals surface area contributed by atoms with Crippen molar-refractivity contribution in [2.45, 2.75) is 43.9 Å². The maximum absolute atomic E-state index is 13.3. The van der Waals surface area contributed by atoms with Crippen molar-refractivity contribution in [2.75, 3.05) is 0 Å². The smallest absolute Gasteiger partial charge is 0.345 e. The number of rotatable bonds is 4. The third kappa shape index (κ3) is 3.91. The zero-order valence-electron chi connectivity index (χ0n) is 16.1. The van der Waals surface area contributed by atoms with Gasteiger partial charge in [0, 0.05) is 25.1 Å². The molecule has 1 fully saturated rings. The molecule has 3 aromatic rings. The monoisotopic (exact) mass is 440 g/mol. The van der Waals surface area contributed by atoms with Crippen LogP contribution in [0.2, 0.25) is 0 Å². The van der Waals surface area contributed by atoms with Crippen molar-refractivity contribution >= 4 is 16.8 Å². The molecule has 0 unspecified atom stereocenters. The Morgan fingerprint density at radius 3 is 2.68 bits per heavy atom. The first-order chi connectivity index (χ1) is 14.5. The normalized spacial score (nSPS) is 17.4. The minimum Gasteiger partial charge on any atom is -0.345 e. The van der Waals surface area contributed by atoms with Gasteiger partial charge in [0.05, 0.1) is 34.3 Å². The number of H-pyrrole nitrogens is 1. The van der Waals surface area contributed by atoms with Crippen molar-refractivity contribution < 1.29 is 26.7 Å². The van der Waals surface area contributed by atoms with E-state index >= 15 is 0 Å². The Hall–Kier alpha value is -3.24.